The van der Waals surface area contributed by atoms with Crippen molar-refractivity contribution in [1.82, 2.24) is 5.32 Å². The normalized spacial score (nSPS) is 39.0. The quantitative estimate of drug-likeness (QED) is 0.534. The largest absolute Gasteiger partial charge is 0.384 e. The summed E-state index contributed by atoms with van der Waals surface area (Å²) in [5.41, 5.74) is 0.510. The van der Waals surface area contributed by atoms with Gasteiger partial charge in [0.1, 0.15) is 5.82 Å². The number of nitriles is 1. The molecule has 4 saturated carbocycles. The van der Waals surface area contributed by atoms with Crippen molar-refractivity contribution < 1.29 is 13.9 Å². The molecule has 1 aromatic rings. The zero-order valence-electron chi connectivity index (χ0n) is 21.6. The summed E-state index contributed by atoms with van der Waals surface area (Å²) < 4.78 is 19.9. The summed E-state index contributed by atoms with van der Waals surface area (Å²) in [5, 5.41) is 12.1. The summed E-state index contributed by atoms with van der Waals surface area (Å²) in [6.07, 6.45) is 11.8. The SMILES string of the molecule is COC[C@H]1CC[C@@H]2C3CC[C@@]4(C)C(CCC4[C@@H](C)NC(=O)c4ccc(C#N)cc4F)[C@@H]3CC[C@@H]2C1. The topological polar surface area (TPSA) is 62.1 Å². The lowest BCUT2D eigenvalue weighted by molar-refractivity contribution is -0.0742. The van der Waals surface area contributed by atoms with E-state index in [1.807, 2.05) is 13.2 Å². The van der Waals surface area contributed by atoms with Gasteiger partial charge < -0.3 is 10.1 Å². The fraction of sp³-hybridized carbons (Fsp3) is 0.733. The van der Waals surface area contributed by atoms with Gasteiger partial charge in [0.15, 0.2) is 0 Å². The van der Waals surface area contributed by atoms with Crippen LogP contribution < -0.4 is 5.32 Å². The molecular weight excluding hydrogens is 439 g/mol. The number of hydrogen-bond donors (Lipinski definition) is 1. The predicted molar refractivity (Wildman–Crippen MR) is 134 cm³/mol. The van der Waals surface area contributed by atoms with Crippen LogP contribution in [-0.2, 0) is 4.74 Å². The molecule has 4 fully saturated rings. The highest BCUT2D eigenvalue weighted by Crippen LogP contribution is 2.64. The van der Waals surface area contributed by atoms with Gasteiger partial charge in [-0.15, -0.1) is 0 Å². The second-order valence-electron chi connectivity index (χ2n) is 12.4. The van der Waals surface area contributed by atoms with E-state index >= 15 is 0 Å². The molecule has 0 bridgehead atoms. The van der Waals surface area contributed by atoms with Crippen molar-refractivity contribution in [3.8, 4) is 6.07 Å². The Balaban J connectivity index is 1.25. The van der Waals surface area contributed by atoms with Crippen molar-refractivity contribution in [2.75, 3.05) is 13.7 Å². The van der Waals surface area contributed by atoms with Crippen LogP contribution in [0.1, 0.15) is 87.6 Å². The lowest BCUT2D eigenvalue weighted by Gasteiger charge is -2.56. The number of carbonyl (C=O) groups is 1. The van der Waals surface area contributed by atoms with Gasteiger partial charge in [-0.25, -0.2) is 4.39 Å². The van der Waals surface area contributed by atoms with Gasteiger partial charge >= 0.3 is 0 Å². The Morgan fingerprint density at radius 1 is 1.17 bits per heavy atom. The third kappa shape index (κ3) is 4.41. The van der Waals surface area contributed by atoms with Crippen molar-refractivity contribution in [2.45, 2.75) is 77.7 Å². The minimum Gasteiger partial charge on any atom is -0.384 e. The van der Waals surface area contributed by atoms with Gasteiger partial charge in [-0.3, -0.25) is 4.79 Å². The number of ether oxygens (including phenoxy) is 1. The number of fused-ring (bicyclic) bond motifs is 5. The molecule has 0 aromatic heterocycles. The molecule has 5 rings (SSSR count). The standard InChI is InChI=1S/C30H41FN2O2/c1-18(33-29(34)25-8-4-19(16-32)15-28(25)31)26-10-11-27-24-9-6-21-14-20(17-35-3)5-7-22(21)23(24)12-13-30(26,27)2/h4,8,15,18,20-24,26-27H,5-7,9-14,17H2,1-3H3,(H,33,34)/t18-,20+,21-,22+,23?,24-,26?,27?,30-/m1/s1. The van der Waals surface area contributed by atoms with Gasteiger partial charge in [-0.2, -0.15) is 5.26 Å². The number of halogens is 1. The molecule has 4 aliphatic carbocycles. The first-order chi connectivity index (χ1) is 16.9. The molecule has 0 saturated heterocycles. The molecule has 5 heteroatoms. The van der Waals surface area contributed by atoms with Crippen LogP contribution in [0.5, 0.6) is 0 Å². The number of nitrogens with one attached hydrogen (secondary N) is 1. The van der Waals surface area contributed by atoms with Crippen molar-refractivity contribution in [3.63, 3.8) is 0 Å². The number of rotatable bonds is 5. The van der Waals surface area contributed by atoms with E-state index in [1.165, 1.54) is 63.5 Å². The zero-order valence-corrected chi connectivity index (χ0v) is 21.6. The van der Waals surface area contributed by atoms with Gasteiger partial charge in [0, 0.05) is 19.8 Å². The van der Waals surface area contributed by atoms with Crippen LogP contribution >= 0.6 is 0 Å². The van der Waals surface area contributed by atoms with E-state index in [9.17, 15) is 9.18 Å². The molecule has 1 amide bonds. The lowest BCUT2D eigenvalue weighted by Crippen LogP contribution is -2.51. The maximum Gasteiger partial charge on any atom is 0.254 e. The summed E-state index contributed by atoms with van der Waals surface area (Å²) in [6, 6.07) is 6.02. The highest BCUT2D eigenvalue weighted by atomic mass is 19.1. The molecule has 35 heavy (non-hydrogen) atoms. The Hall–Kier alpha value is -1.93. The van der Waals surface area contributed by atoms with E-state index in [2.05, 4.69) is 19.2 Å². The van der Waals surface area contributed by atoms with E-state index in [4.69, 9.17) is 10.00 Å². The highest BCUT2D eigenvalue weighted by molar-refractivity contribution is 5.94. The van der Waals surface area contributed by atoms with Gasteiger partial charge in [0.05, 0.1) is 17.2 Å². The van der Waals surface area contributed by atoms with E-state index in [-0.39, 0.29) is 28.5 Å². The minimum absolute atomic E-state index is 0.00455. The number of methoxy groups -OCH3 is 1. The molecule has 1 aromatic carbocycles. The van der Waals surface area contributed by atoms with Gasteiger partial charge in [-0.1, -0.05) is 6.92 Å². The second-order valence-corrected chi connectivity index (χ2v) is 12.4. The second kappa shape index (κ2) is 9.85. The molecule has 9 atom stereocenters. The van der Waals surface area contributed by atoms with Crippen molar-refractivity contribution in [2.24, 2.45) is 46.8 Å². The Kier molecular flexibility index (Phi) is 6.96. The molecule has 4 nitrogen and oxygen atoms in total. The van der Waals surface area contributed by atoms with Crippen LogP contribution in [0.2, 0.25) is 0 Å². The van der Waals surface area contributed by atoms with E-state index < -0.39 is 5.82 Å². The zero-order chi connectivity index (χ0) is 24.7. The summed E-state index contributed by atoms with van der Waals surface area (Å²) in [7, 11) is 1.84. The van der Waals surface area contributed by atoms with Gasteiger partial charge in [0.2, 0.25) is 0 Å². The van der Waals surface area contributed by atoms with Gasteiger partial charge in [0.25, 0.3) is 5.91 Å². The first-order valence-electron chi connectivity index (χ1n) is 13.8. The third-order valence-corrected chi connectivity index (χ3v) is 10.8. The van der Waals surface area contributed by atoms with Crippen molar-refractivity contribution in [1.29, 1.82) is 5.26 Å². The van der Waals surface area contributed by atoms with Crippen molar-refractivity contribution >= 4 is 5.91 Å². The molecular formula is C30H41FN2O2. The third-order valence-electron chi connectivity index (χ3n) is 10.8. The molecule has 0 spiro atoms. The van der Waals surface area contributed by atoms with Crippen molar-refractivity contribution in [3.05, 3.63) is 35.1 Å². The van der Waals surface area contributed by atoms with Crippen LogP contribution in [0.25, 0.3) is 0 Å². The number of hydrogen-bond acceptors (Lipinski definition) is 3. The first-order valence-corrected chi connectivity index (χ1v) is 13.8. The maximum atomic E-state index is 14.4. The average Bonchev–Trinajstić information content (AvgIpc) is 3.21. The smallest absolute Gasteiger partial charge is 0.254 e. The summed E-state index contributed by atoms with van der Waals surface area (Å²) >= 11 is 0. The fourth-order valence-electron chi connectivity index (χ4n) is 9.35. The molecule has 0 aliphatic heterocycles. The Labute approximate surface area is 210 Å². The molecule has 3 unspecified atom stereocenters. The molecule has 190 valence electrons. The van der Waals surface area contributed by atoms with Crippen LogP contribution in [0.3, 0.4) is 0 Å². The average molecular weight is 481 g/mol. The monoisotopic (exact) mass is 480 g/mol. The first kappa shape index (κ1) is 24.8. The summed E-state index contributed by atoms with van der Waals surface area (Å²) in [6.45, 7) is 5.52. The maximum absolute atomic E-state index is 14.4. The van der Waals surface area contributed by atoms with Gasteiger partial charge in [-0.05, 0) is 130 Å². The van der Waals surface area contributed by atoms with Crippen LogP contribution in [0, 0.1) is 64.0 Å². The number of nitrogens with zero attached hydrogens (tertiary/aromatic N) is 1. The fourth-order valence-corrected chi connectivity index (χ4v) is 9.35. The van der Waals surface area contributed by atoms with E-state index in [0.29, 0.717) is 5.92 Å². The molecule has 1 N–H and O–H groups in total. The number of amides is 1. The number of carbonyl (C=O) groups excluding carboxylic acids is 1. The Morgan fingerprint density at radius 2 is 1.97 bits per heavy atom. The van der Waals surface area contributed by atoms with Crippen LogP contribution in [0.15, 0.2) is 18.2 Å². The summed E-state index contributed by atoms with van der Waals surface area (Å²) in [4.78, 5) is 12.9. The van der Waals surface area contributed by atoms with E-state index in [0.717, 1.165) is 54.6 Å². The van der Waals surface area contributed by atoms with Crippen LogP contribution in [0.4, 0.5) is 4.39 Å². The lowest BCUT2D eigenvalue weighted by atomic mass is 9.49. The number of benzene rings is 1. The molecule has 4 aliphatic rings. The molecule has 0 radical (unpaired) electrons. The Morgan fingerprint density at radius 3 is 2.71 bits per heavy atom. The summed E-state index contributed by atoms with van der Waals surface area (Å²) in [5.74, 6) is 4.45. The predicted octanol–water partition coefficient (Wildman–Crippen LogP) is 6.35. The van der Waals surface area contributed by atoms with Crippen LogP contribution in [-0.4, -0.2) is 25.7 Å². The highest BCUT2D eigenvalue weighted by Gasteiger charge is 2.57. The van der Waals surface area contributed by atoms with E-state index in [1.54, 1.807) is 0 Å². The minimum atomic E-state index is -0.623. The molecule has 0 heterocycles. The Bertz CT molecular complexity index is 989.